The summed E-state index contributed by atoms with van der Waals surface area (Å²) in [7, 11) is 0. The van der Waals surface area contributed by atoms with E-state index in [-0.39, 0.29) is 33.1 Å². The van der Waals surface area contributed by atoms with E-state index in [9.17, 15) is 0 Å². The monoisotopic (exact) mass is 669 g/mol. The third-order valence-corrected chi connectivity index (χ3v) is 6.49. The Morgan fingerprint density at radius 3 is 1.07 bits per heavy atom. The molecule has 0 saturated heterocycles. The van der Waals surface area contributed by atoms with Crippen molar-refractivity contribution in [3.8, 4) is 0 Å². The first kappa shape index (κ1) is 29.1. The molecule has 1 aromatic heterocycles. The Labute approximate surface area is 218 Å². The largest absolute Gasteiger partial charge is 4.00 e. The molecular weight excluding hydrogens is 640 g/mol. The molecule has 0 radical (unpaired) electrons. The van der Waals surface area contributed by atoms with Crippen LogP contribution in [-0.2, 0) is 71.6 Å². The summed E-state index contributed by atoms with van der Waals surface area (Å²) < 4.78 is 4.62. The van der Waals surface area contributed by atoms with Gasteiger partial charge >= 0.3 is 21.1 Å². The molecule has 2 rings (SSSR count). The Morgan fingerprint density at radius 2 is 0.931 bits per heavy atom. The molecule has 0 unspecified atom stereocenters. The zero-order valence-electron chi connectivity index (χ0n) is 18.2. The van der Waals surface area contributed by atoms with Gasteiger partial charge in [-0.2, -0.15) is 0 Å². The summed E-state index contributed by atoms with van der Waals surface area (Å²) in [6.07, 6.45) is 0. The minimum absolute atomic E-state index is 0. The minimum Gasteiger partial charge on any atom is -0.762 e. The minimum atomic E-state index is 0. The molecule has 0 atom stereocenters. The van der Waals surface area contributed by atoms with E-state index in [0.29, 0.717) is 22.1 Å². The quantitative estimate of drug-likeness (QED) is 0.324. The molecule has 1 aliphatic rings. The smallest absolute Gasteiger partial charge is 0.762 e. The van der Waals surface area contributed by atoms with E-state index in [2.05, 4.69) is 62.0 Å². The molecule has 0 fully saturated rings. The van der Waals surface area contributed by atoms with Crippen LogP contribution in [0.4, 0.5) is 0 Å². The molecule has 1 aromatic rings. The molecule has 0 bridgehead atoms. The van der Waals surface area contributed by atoms with Crippen LogP contribution in [-0.4, -0.2) is 31.0 Å². The Morgan fingerprint density at radius 1 is 0.655 bits per heavy atom. The first-order chi connectivity index (χ1) is 12.7. The van der Waals surface area contributed by atoms with E-state index in [1.54, 1.807) is 0 Å². The van der Waals surface area contributed by atoms with Crippen molar-refractivity contribution < 1.29 is 21.1 Å². The summed E-state index contributed by atoms with van der Waals surface area (Å²) in [5.74, 6) is 0.907. The first-order valence-corrected chi connectivity index (χ1v) is 11.4. The molecular formula is C19H30N4PtS5. The Hall–Kier alpha value is 0.0783. The first-order valence-electron chi connectivity index (χ1n) is 9.31. The van der Waals surface area contributed by atoms with Gasteiger partial charge in [-0.25, -0.2) is 0 Å². The summed E-state index contributed by atoms with van der Waals surface area (Å²) in [6.45, 7) is 20.6. The van der Waals surface area contributed by atoms with Crippen LogP contribution >= 0.6 is 12.2 Å². The van der Waals surface area contributed by atoms with Gasteiger partial charge in [0.1, 0.15) is 5.82 Å². The van der Waals surface area contributed by atoms with E-state index >= 15 is 0 Å². The Balaban J connectivity index is 0.000000523. The average molecular weight is 670 g/mol. The predicted molar refractivity (Wildman–Crippen MR) is 130 cm³/mol. The van der Waals surface area contributed by atoms with Crippen LogP contribution in [0, 0.1) is 4.77 Å². The van der Waals surface area contributed by atoms with Crippen molar-refractivity contribution in [1.82, 2.24) is 18.9 Å². The molecule has 0 aromatic carbocycles. The second-order valence-corrected chi connectivity index (χ2v) is 9.69. The van der Waals surface area contributed by atoms with Gasteiger partial charge in [0.25, 0.3) is 0 Å². The number of nitrogens with zero attached hydrogens (tertiary/aromatic N) is 4. The molecule has 0 spiro atoms. The molecule has 1 aliphatic heterocycles. The number of rotatable bonds is 4. The zero-order valence-corrected chi connectivity index (χ0v) is 24.5. The van der Waals surface area contributed by atoms with Gasteiger partial charge in [0.05, 0.1) is 0 Å². The van der Waals surface area contributed by atoms with Gasteiger partial charge in [0.2, 0.25) is 0 Å². The SMILES string of the molecule is C=C1N(C(C)C)C([S-])=C([S-])N1C(C)C.CC(C)n1c([S-])c([S-])n(C(C)C)c1=S.[Pt+4]. The van der Waals surface area contributed by atoms with Gasteiger partial charge in [0.15, 0.2) is 4.77 Å². The summed E-state index contributed by atoms with van der Waals surface area (Å²) in [4.78, 5) is 4.02. The van der Waals surface area contributed by atoms with E-state index in [1.165, 1.54) is 0 Å². The van der Waals surface area contributed by atoms with Crippen LogP contribution in [0.1, 0.15) is 67.5 Å². The van der Waals surface area contributed by atoms with Crippen LogP contribution in [0.25, 0.3) is 0 Å². The Kier molecular flexibility index (Phi) is 11.7. The average Bonchev–Trinajstić information content (AvgIpc) is 2.90. The maximum Gasteiger partial charge on any atom is 4.00 e. The van der Waals surface area contributed by atoms with Crippen molar-refractivity contribution in [2.75, 3.05) is 0 Å². The van der Waals surface area contributed by atoms with Crippen LogP contribution in [0.2, 0.25) is 0 Å². The number of imidazole rings is 1. The molecule has 0 amide bonds. The van der Waals surface area contributed by atoms with Gasteiger partial charge in [-0.3, -0.25) is 0 Å². The van der Waals surface area contributed by atoms with Crippen molar-refractivity contribution in [3.63, 3.8) is 0 Å². The van der Waals surface area contributed by atoms with Gasteiger partial charge in [0, 0.05) is 24.2 Å². The fraction of sp³-hybridized carbons (Fsp3) is 0.632. The van der Waals surface area contributed by atoms with Crippen molar-refractivity contribution in [1.29, 1.82) is 0 Å². The third kappa shape index (κ3) is 6.07. The van der Waals surface area contributed by atoms with Crippen LogP contribution in [0.15, 0.2) is 32.5 Å². The van der Waals surface area contributed by atoms with Gasteiger partial charge in [-0.15, -0.1) is 20.1 Å². The van der Waals surface area contributed by atoms with Crippen LogP contribution in [0.3, 0.4) is 0 Å². The molecule has 166 valence electrons. The topological polar surface area (TPSA) is 16.3 Å². The van der Waals surface area contributed by atoms with Gasteiger partial charge in [-0.1, -0.05) is 6.58 Å². The normalized spacial score (nSPS) is 14.3. The van der Waals surface area contributed by atoms with Crippen molar-refractivity contribution in [2.24, 2.45) is 0 Å². The van der Waals surface area contributed by atoms with E-state index in [1.807, 2.05) is 18.9 Å². The maximum atomic E-state index is 5.35. The molecule has 29 heavy (non-hydrogen) atoms. The number of hydrogen-bond acceptors (Lipinski definition) is 7. The second kappa shape index (κ2) is 11.6. The summed E-state index contributed by atoms with van der Waals surface area (Å²) in [6, 6.07) is 1.18. The van der Waals surface area contributed by atoms with Crippen molar-refractivity contribution in [3.05, 3.63) is 27.2 Å². The maximum absolute atomic E-state index is 5.35. The second-order valence-electron chi connectivity index (χ2n) is 7.77. The number of hydrogen-bond donors (Lipinski definition) is 0. The fourth-order valence-electron chi connectivity index (χ4n) is 3.03. The standard InChI is InChI=1S/C10H18N2S2.C9H16N2S3.Pt/c1-6(2)11-8(5)12(7(3)4)10(14)9(11)13;1-5(2)10-7(12)8(13)11(6(3)4)9(10)14;/h6-7,13-14H,5H2,1-4H3;5-6,12-13H,1-4H3;/q;;+4/p-4. The number of aromatic nitrogens is 2. The molecule has 0 N–H and O–H groups in total. The van der Waals surface area contributed by atoms with E-state index in [4.69, 9.17) is 62.7 Å². The molecule has 2 heterocycles. The van der Waals surface area contributed by atoms with E-state index < -0.39 is 0 Å². The molecule has 10 heteroatoms. The summed E-state index contributed by atoms with van der Waals surface area (Å²) in [5, 5.41) is 2.84. The van der Waals surface area contributed by atoms with E-state index in [0.717, 1.165) is 20.7 Å². The molecule has 0 saturated carbocycles. The van der Waals surface area contributed by atoms with Crippen molar-refractivity contribution in [2.45, 2.75) is 89.6 Å². The van der Waals surface area contributed by atoms with Crippen LogP contribution in [0.5, 0.6) is 0 Å². The fourth-order valence-corrected chi connectivity index (χ4v) is 5.37. The molecule has 0 aliphatic carbocycles. The Bertz CT molecular complexity index is 748. The third-order valence-electron chi connectivity index (χ3n) is 4.28. The zero-order chi connectivity index (χ0) is 22.1. The summed E-state index contributed by atoms with van der Waals surface area (Å²) in [5.41, 5.74) is 0. The summed E-state index contributed by atoms with van der Waals surface area (Å²) >= 11 is 26.5. The molecule has 4 nitrogen and oxygen atoms in total. The van der Waals surface area contributed by atoms with Gasteiger partial charge in [-0.05, 0) is 67.6 Å². The van der Waals surface area contributed by atoms with Gasteiger partial charge < -0.3 is 69.4 Å². The van der Waals surface area contributed by atoms with Crippen molar-refractivity contribution >= 4 is 62.7 Å². The predicted octanol–water partition coefficient (Wildman–Crippen LogP) is 5.10. The van der Waals surface area contributed by atoms with Crippen LogP contribution < -0.4 is 0 Å².